The molecule has 0 aliphatic carbocycles. The van der Waals surface area contributed by atoms with E-state index < -0.39 is 15.8 Å². The van der Waals surface area contributed by atoms with Crippen molar-refractivity contribution < 1.29 is 17.6 Å². The monoisotopic (exact) mass is 390 g/mol. The second-order valence-corrected chi connectivity index (χ2v) is 8.68. The molecule has 1 heterocycles. The Labute approximate surface area is 153 Å². The minimum absolute atomic E-state index is 0.106. The summed E-state index contributed by atoms with van der Waals surface area (Å²) in [5.74, 6) is -1.10. The van der Waals surface area contributed by atoms with Crippen LogP contribution in [0, 0.1) is 11.7 Å². The van der Waals surface area contributed by atoms with Crippen LogP contribution >= 0.6 is 11.6 Å². The largest absolute Gasteiger partial charge is 0.356 e. The highest BCUT2D eigenvalue weighted by Crippen LogP contribution is 2.31. The summed E-state index contributed by atoms with van der Waals surface area (Å²) in [6.07, 6.45) is 3.10. The summed E-state index contributed by atoms with van der Waals surface area (Å²) >= 11 is 5.94. The van der Waals surface area contributed by atoms with Gasteiger partial charge in [0.05, 0.1) is 10.9 Å². The first-order valence-electron chi connectivity index (χ1n) is 8.52. The van der Waals surface area contributed by atoms with E-state index in [2.05, 4.69) is 5.32 Å². The topological polar surface area (TPSA) is 66.5 Å². The Bertz CT molecular complexity index is 727. The molecular formula is C17H24ClFN2O3S. The molecular weight excluding hydrogens is 367 g/mol. The highest BCUT2D eigenvalue weighted by molar-refractivity contribution is 7.89. The Morgan fingerprint density at radius 2 is 2.12 bits per heavy atom. The molecule has 0 radical (unpaired) electrons. The summed E-state index contributed by atoms with van der Waals surface area (Å²) in [5.41, 5.74) is 0. The molecule has 0 saturated carbocycles. The van der Waals surface area contributed by atoms with Crippen LogP contribution in [0.1, 0.15) is 39.5 Å². The van der Waals surface area contributed by atoms with E-state index in [0.29, 0.717) is 19.4 Å². The van der Waals surface area contributed by atoms with E-state index in [4.69, 9.17) is 11.6 Å². The highest BCUT2D eigenvalue weighted by atomic mass is 35.5. The molecule has 140 valence electrons. The van der Waals surface area contributed by atoms with Crippen LogP contribution in [0.2, 0.25) is 5.02 Å². The van der Waals surface area contributed by atoms with Crippen molar-refractivity contribution in [2.24, 2.45) is 5.92 Å². The fraction of sp³-hybridized carbons (Fsp3) is 0.588. The fourth-order valence-electron chi connectivity index (χ4n) is 2.97. The van der Waals surface area contributed by atoms with E-state index >= 15 is 0 Å². The van der Waals surface area contributed by atoms with Crippen LogP contribution in [-0.2, 0) is 14.8 Å². The first-order chi connectivity index (χ1) is 11.8. The van der Waals surface area contributed by atoms with Gasteiger partial charge in [-0.15, -0.1) is 0 Å². The SMILES string of the molecule is CCCCNC(=O)C1CCC(C)N(S(=O)(=O)c2ccc(F)cc2Cl)C1. The Balaban J connectivity index is 2.19. The van der Waals surface area contributed by atoms with E-state index in [9.17, 15) is 17.6 Å². The number of rotatable bonds is 6. The van der Waals surface area contributed by atoms with Crippen LogP contribution in [0.15, 0.2) is 23.1 Å². The number of hydrogen-bond acceptors (Lipinski definition) is 3. The standard InChI is InChI=1S/C17H24ClFN2O3S/c1-3-4-9-20-17(22)13-6-5-12(2)21(11-13)25(23,24)16-8-7-14(19)10-15(16)18/h7-8,10,12-13H,3-6,9,11H2,1-2H3,(H,20,22). The molecule has 1 aliphatic rings. The van der Waals surface area contributed by atoms with Gasteiger partial charge in [-0.3, -0.25) is 4.79 Å². The van der Waals surface area contributed by atoms with Crippen molar-refractivity contribution in [2.45, 2.75) is 50.5 Å². The molecule has 1 saturated heterocycles. The highest BCUT2D eigenvalue weighted by Gasteiger charge is 2.38. The van der Waals surface area contributed by atoms with Gasteiger partial charge in [-0.05, 0) is 44.4 Å². The first-order valence-corrected chi connectivity index (χ1v) is 10.3. The maximum absolute atomic E-state index is 13.2. The second kappa shape index (κ2) is 8.47. The molecule has 0 bridgehead atoms. The van der Waals surface area contributed by atoms with Crippen molar-refractivity contribution in [3.05, 3.63) is 29.0 Å². The summed E-state index contributed by atoms with van der Waals surface area (Å²) in [6.45, 7) is 4.54. The number of unbranched alkanes of at least 4 members (excludes halogenated alkanes) is 1. The minimum Gasteiger partial charge on any atom is -0.356 e. The molecule has 0 aromatic heterocycles. The number of nitrogens with zero attached hydrogens (tertiary/aromatic N) is 1. The van der Waals surface area contributed by atoms with Crippen LogP contribution in [0.3, 0.4) is 0 Å². The van der Waals surface area contributed by atoms with Crippen molar-refractivity contribution >= 4 is 27.5 Å². The second-order valence-electron chi connectivity index (χ2n) is 6.42. The molecule has 1 aliphatic heterocycles. The molecule has 1 aromatic carbocycles. The summed E-state index contributed by atoms with van der Waals surface area (Å²) < 4.78 is 40.4. The number of benzene rings is 1. The summed E-state index contributed by atoms with van der Waals surface area (Å²) in [6, 6.07) is 2.98. The number of halogens is 2. The number of sulfonamides is 1. The molecule has 0 spiro atoms. The van der Waals surface area contributed by atoms with Gasteiger partial charge < -0.3 is 5.32 Å². The molecule has 1 N–H and O–H groups in total. The zero-order valence-corrected chi connectivity index (χ0v) is 16.0. The maximum atomic E-state index is 13.2. The predicted molar refractivity (Wildman–Crippen MR) is 95.4 cm³/mol. The van der Waals surface area contributed by atoms with Crippen LogP contribution < -0.4 is 5.32 Å². The number of piperidine rings is 1. The van der Waals surface area contributed by atoms with Gasteiger partial charge in [0.15, 0.2) is 0 Å². The van der Waals surface area contributed by atoms with Crippen LogP contribution in [0.5, 0.6) is 0 Å². The predicted octanol–water partition coefficient (Wildman–Crippen LogP) is 3.18. The molecule has 5 nitrogen and oxygen atoms in total. The van der Waals surface area contributed by atoms with Gasteiger partial charge in [0.2, 0.25) is 15.9 Å². The number of nitrogens with one attached hydrogen (secondary N) is 1. The molecule has 1 amide bonds. The molecule has 1 fully saturated rings. The average molecular weight is 391 g/mol. The fourth-order valence-corrected chi connectivity index (χ4v) is 5.18. The Hall–Kier alpha value is -1.18. The van der Waals surface area contributed by atoms with Gasteiger partial charge in [-0.1, -0.05) is 24.9 Å². The lowest BCUT2D eigenvalue weighted by molar-refractivity contribution is -0.126. The summed E-state index contributed by atoms with van der Waals surface area (Å²) in [7, 11) is -3.90. The number of amides is 1. The Morgan fingerprint density at radius 3 is 2.76 bits per heavy atom. The molecule has 25 heavy (non-hydrogen) atoms. The third-order valence-corrected chi connectivity index (χ3v) is 6.97. The molecule has 8 heteroatoms. The van der Waals surface area contributed by atoms with Gasteiger partial charge in [0, 0.05) is 19.1 Å². The van der Waals surface area contributed by atoms with Gasteiger partial charge in [-0.25, -0.2) is 12.8 Å². The van der Waals surface area contributed by atoms with Crippen molar-refractivity contribution in [3.63, 3.8) is 0 Å². The van der Waals surface area contributed by atoms with Crippen LogP contribution in [0.25, 0.3) is 0 Å². The van der Waals surface area contributed by atoms with E-state index in [-0.39, 0.29) is 34.3 Å². The third kappa shape index (κ3) is 4.71. The summed E-state index contributed by atoms with van der Waals surface area (Å²) in [4.78, 5) is 12.2. The average Bonchev–Trinajstić information content (AvgIpc) is 2.54. The van der Waals surface area contributed by atoms with Crippen molar-refractivity contribution in [1.82, 2.24) is 9.62 Å². The minimum atomic E-state index is -3.90. The number of carbonyl (C=O) groups excluding carboxylic acids is 1. The zero-order valence-electron chi connectivity index (χ0n) is 14.5. The Morgan fingerprint density at radius 1 is 1.40 bits per heavy atom. The van der Waals surface area contributed by atoms with E-state index in [1.54, 1.807) is 6.92 Å². The van der Waals surface area contributed by atoms with Gasteiger partial charge >= 0.3 is 0 Å². The Kier molecular flexibility index (Phi) is 6.82. The van der Waals surface area contributed by atoms with Crippen LogP contribution in [0.4, 0.5) is 4.39 Å². The lowest BCUT2D eigenvalue weighted by atomic mass is 9.94. The summed E-state index contributed by atoms with van der Waals surface area (Å²) in [5, 5.41) is 2.71. The quantitative estimate of drug-likeness (QED) is 0.758. The van der Waals surface area contributed by atoms with E-state index in [1.165, 1.54) is 10.4 Å². The van der Waals surface area contributed by atoms with Crippen molar-refractivity contribution in [3.8, 4) is 0 Å². The van der Waals surface area contributed by atoms with Crippen molar-refractivity contribution in [2.75, 3.05) is 13.1 Å². The molecule has 2 unspecified atom stereocenters. The molecule has 1 aromatic rings. The number of carbonyl (C=O) groups is 1. The molecule has 2 atom stereocenters. The van der Waals surface area contributed by atoms with Crippen LogP contribution in [-0.4, -0.2) is 37.8 Å². The normalized spacial score (nSPS) is 21.9. The third-order valence-electron chi connectivity index (χ3n) is 4.51. The lowest BCUT2D eigenvalue weighted by Gasteiger charge is -2.36. The van der Waals surface area contributed by atoms with Gasteiger partial charge in [-0.2, -0.15) is 4.31 Å². The first kappa shape index (κ1) is 20.1. The van der Waals surface area contributed by atoms with Gasteiger partial charge in [0.1, 0.15) is 10.7 Å². The maximum Gasteiger partial charge on any atom is 0.244 e. The molecule has 2 rings (SSSR count). The zero-order chi connectivity index (χ0) is 18.6. The van der Waals surface area contributed by atoms with E-state index in [0.717, 1.165) is 25.0 Å². The lowest BCUT2D eigenvalue weighted by Crippen LogP contribution is -2.49. The van der Waals surface area contributed by atoms with Crippen molar-refractivity contribution in [1.29, 1.82) is 0 Å². The van der Waals surface area contributed by atoms with Gasteiger partial charge in [0.25, 0.3) is 0 Å². The number of hydrogen-bond donors (Lipinski definition) is 1. The van der Waals surface area contributed by atoms with E-state index in [1.807, 2.05) is 6.92 Å². The smallest absolute Gasteiger partial charge is 0.244 e.